The zero-order chi connectivity index (χ0) is 19.5. The van der Waals surface area contributed by atoms with Gasteiger partial charge in [-0.1, -0.05) is 30.3 Å². The molecule has 0 unspecified atom stereocenters. The first-order valence-corrected chi connectivity index (χ1v) is 10.0. The minimum atomic E-state index is -4.64. The van der Waals surface area contributed by atoms with Gasteiger partial charge in [-0.2, -0.15) is 8.42 Å². The lowest BCUT2D eigenvalue weighted by Crippen LogP contribution is -2.53. The third-order valence-corrected chi connectivity index (χ3v) is 5.46. The summed E-state index contributed by atoms with van der Waals surface area (Å²) < 4.78 is 38.6. The molecule has 0 aromatic heterocycles. The molecule has 144 valence electrons. The highest BCUT2D eigenvalue weighted by Crippen LogP contribution is 2.38. The van der Waals surface area contributed by atoms with Crippen LogP contribution in [-0.4, -0.2) is 39.1 Å². The van der Waals surface area contributed by atoms with E-state index in [0.717, 1.165) is 5.69 Å². The van der Waals surface area contributed by atoms with E-state index in [1.165, 1.54) is 7.11 Å². The summed E-state index contributed by atoms with van der Waals surface area (Å²) in [6.45, 7) is 1.14. The molecule has 0 aliphatic carbocycles. The van der Waals surface area contributed by atoms with E-state index in [1.54, 1.807) is 29.0 Å². The number of hydrogen-bond donors (Lipinski definition) is 2. The number of methoxy groups -OCH3 is 1. The molecule has 1 aliphatic heterocycles. The van der Waals surface area contributed by atoms with Crippen molar-refractivity contribution < 1.29 is 22.5 Å². The normalized spacial score (nSPS) is 16.6. The molecule has 2 aromatic rings. The van der Waals surface area contributed by atoms with Crippen molar-refractivity contribution in [3.63, 3.8) is 0 Å². The van der Waals surface area contributed by atoms with Crippen molar-refractivity contribution in [3.8, 4) is 5.75 Å². The molecule has 7 nitrogen and oxygen atoms in total. The highest BCUT2D eigenvalue weighted by molar-refractivity contribution is 7.84. The lowest BCUT2D eigenvalue weighted by molar-refractivity contribution is -0.125. The molecule has 27 heavy (non-hydrogen) atoms. The molecule has 1 heterocycles. The summed E-state index contributed by atoms with van der Waals surface area (Å²) in [4.78, 5) is 15.0. The maximum absolute atomic E-state index is 12.9. The third-order valence-electron chi connectivity index (χ3n) is 5.02. The fourth-order valence-corrected chi connectivity index (χ4v) is 4.00. The topological polar surface area (TPSA) is 95.9 Å². The number of amides is 1. The molecule has 3 rings (SSSR count). The molecule has 0 saturated carbocycles. The van der Waals surface area contributed by atoms with E-state index in [1.807, 2.05) is 30.3 Å². The number of benzene rings is 2. The summed E-state index contributed by atoms with van der Waals surface area (Å²) in [5, 5.41) is 0. The minimum Gasteiger partial charge on any atom is -0.497 e. The third kappa shape index (κ3) is 4.23. The Morgan fingerprint density at radius 3 is 2.37 bits per heavy atom. The number of rotatable bonds is 5. The first-order valence-electron chi connectivity index (χ1n) is 8.58. The summed E-state index contributed by atoms with van der Waals surface area (Å²) in [6, 6.07) is 16.9. The SMILES string of the molecule is COc1cccc(C2(C(=O)NS(=O)(=O)O)CCN(c3ccccc3)CC2)c1. The fraction of sp³-hybridized carbons (Fsp3) is 0.316. The van der Waals surface area contributed by atoms with Gasteiger partial charge in [0, 0.05) is 18.8 Å². The Morgan fingerprint density at radius 1 is 1.11 bits per heavy atom. The van der Waals surface area contributed by atoms with Crippen LogP contribution in [0.3, 0.4) is 0 Å². The Labute approximate surface area is 158 Å². The van der Waals surface area contributed by atoms with Crippen molar-refractivity contribution in [1.82, 2.24) is 4.72 Å². The van der Waals surface area contributed by atoms with E-state index in [9.17, 15) is 13.2 Å². The zero-order valence-electron chi connectivity index (χ0n) is 15.0. The summed E-state index contributed by atoms with van der Waals surface area (Å²) in [5.41, 5.74) is 0.637. The minimum absolute atomic E-state index is 0.399. The van der Waals surface area contributed by atoms with Crippen LogP contribution < -0.4 is 14.4 Å². The Hall–Kier alpha value is -2.58. The Kier molecular flexibility index (Phi) is 5.38. The van der Waals surface area contributed by atoms with Crippen LogP contribution in [-0.2, 0) is 20.5 Å². The molecular weight excluding hydrogens is 368 g/mol. The number of nitrogens with zero attached hydrogens (tertiary/aromatic N) is 1. The summed E-state index contributed by atoms with van der Waals surface area (Å²) in [6.07, 6.45) is 0.798. The number of piperidine rings is 1. The van der Waals surface area contributed by atoms with Crippen molar-refractivity contribution in [2.75, 3.05) is 25.1 Å². The summed E-state index contributed by atoms with van der Waals surface area (Å²) >= 11 is 0. The van der Waals surface area contributed by atoms with Gasteiger partial charge < -0.3 is 9.64 Å². The quantitative estimate of drug-likeness (QED) is 0.760. The van der Waals surface area contributed by atoms with Gasteiger partial charge in [-0.05, 0) is 42.7 Å². The number of anilines is 1. The van der Waals surface area contributed by atoms with Gasteiger partial charge >= 0.3 is 10.3 Å². The number of nitrogens with one attached hydrogen (secondary N) is 1. The van der Waals surface area contributed by atoms with Gasteiger partial charge in [0.1, 0.15) is 5.75 Å². The van der Waals surface area contributed by atoms with Crippen LogP contribution in [0.25, 0.3) is 0 Å². The van der Waals surface area contributed by atoms with Crippen molar-refractivity contribution in [2.45, 2.75) is 18.3 Å². The Bertz CT molecular complexity index is 907. The maximum atomic E-state index is 12.9. The van der Waals surface area contributed by atoms with E-state index in [4.69, 9.17) is 9.29 Å². The Balaban J connectivity index is 1.93. The number of carbonyl (C=O) groups excluding carboxylic acids is 1. The van der Waals surface area contributed by atoms with Crippen LogP contribution in [0, 0.1) is 0 Å². The second-order valence-corrected chi connectivity index (χ2v) is 7.70. The van der Waals surface area contributed by atoms with Gasteiger partial charge in [0.05, 0.1) is 12.5 Å². The van der Waals surface area contributed by atoms with Crippen molar-refractivity contribution in [1.29, 1.82) is 0 Å². The number of carbonyl (C=O) groups is 1. The van der Waals surface area contributed by atoms with Crippen molar-refractivity contribution in [3.05, 3.63) is 60.2 Å². The summed E-state index contributed by atoms with van der Waals surface area (Å²) in [5.74, 6) is -0.150. The largest absolute Gasteiger partial charge is 0.497 e. The molecule has 8 heteroatoms. The second kappa shape index (κ2) is 7.58. The lowest BCUT2D eigenvalue weighted by Gasteiger charge is -2.41. The van der Waals surface area contributed by atoms with Gasteiger partial charge in [-0.25, -0.2) is 4.72 Å². The van der Waals surface area contributed by atoms with E-state index in [2.05, 4.69) is 4.90 Å². The zero-order valence-corrected chi connectivity index (χ0v) is 15.8. The molecular formula is C19H22N2O5S. The van der Waals surface area contributed by atoms with Gasteiger partial charge in [-0.3, -0.25) is 9.35 Å². The molecule has 1 saturated heterocycles. The first kappa shape index (κ1) is 19.2. The van der Waals surface area contributed by atoms with Crippen LogP contribution in [0.1, 0.15) is 18.4 Å². The van der Waals surface area contributed by atoms with Crippen LogP contribution in [0.2, 0.25) is 0 Å². The Morgan fingerprint density at radius 2 is 1.78 bits per heavy atom. The molecule has 1 fully saturated rings. The van der Waals surface area contributed by atoms with Crippen molar-refractivity contribution >= 4 is 21.9 Å². The highest BCUT2D eigenvalue weighted by atomic mass is 32.2. The predicted octanol–water partition coefficient (Wildman–Crippen LogP) is 2.15. The molecule has 0 spiro atoms. The molecule has 0 bridgehead atoms. The lowest BCUT2D eigenvalue weighted by atomic mass is 9.72. The molecule has 2 N–H and O–H groups in total. The smallest absolute Gasteiger partial charge is 0.359 e. The molecule has 0 atom stereocenters. The first-order chi connectivity index (χ1) is 12.8. The van der Waals surface area contributed by atoms with E-state index >= 15 is 0 Å². The fourth-order valence-electron chi connectivity index (χ4n) is 3.57. The number of hydrogen-bond acceptors (Lipinski definition) is 5. The molecule has 1 aliphatic rings. The molecule has 0 radical (unpaired) electrons. The molecule has 2 aromatic carbocycles. The second-order valence-electron chi connectivity index (χ2n) is 6.54. The standard InChI is InChI=1S/C19H22N2O5S/c1-26-17-9-5-6-15(14-17)19(18(22)20-27(23,24)25)10-12-21(13-11-19)16-7-3-2-4-8-16/h2-9,14H,10-13H2,1H3,(H,20,22)(H,23,24,25). The molecule has 1 amide bonds. The average Bonchev–Trinajstić information content (AvgIpc) is 2.67. The van der Waals surface area contributed by atoms with E-state index < -0.39 is 21.6 Å². The summed E-state index contributed by atoms with van der Waals surface area (Å²) in [7, 11) is -3.11. The monoisotopic (exact) mass is 390 g/mol. The van der Waals surface area contributed by atoms with Gasteiger partial charge in [0.15, 0.2) is 0 Å². The average molecular weight is 390 g/mol. The maximum Gasteiger partial charge on any atom is 0.359 e. The number of ether oxygens (including phenoxy) is 1. The van der Waals surface area contributed by atoms with Crippen LogP contribution in [0.4, 0.5) is 5.69 Å². The van der Waals surface area contributed by atoms with Crippen LogP contribution in [0.5, 0.6) is 5.75 Å². The van der Waals surface area contributed by atoms with Gasteiger partial charge in [0.25, 0.3) is 0 Å². The van der Waals surface area contributed by atoms with Gasteiger partial charge in [0.2, 0.25) is 5.91 Å². The van der Waals surface area contributed by atoms with E-state index in [0.29, 0.717) is 37.2 Å². The number of para-hydroxylation sites is 1. The van der Waals surface area contributed by atoms with Crippen LogP contribution >= 0.6 is 0 Å². The van der Waals surface area contributed by atoms with Crippen LogP contribution in [0.15, 0.2) is 54.6 Å². The van der Waals surface area contributed by atoms with E-state index in [-0.39, 0.29) is 0 Å². The highest BCUT2D eigenvalue weighted by Gasteiger charge is 2.44. The van der Waals surface area contributed by atoms with Crippen molar-refractivity contribution in [2.24, 2.45) is 0 Å². The predicted molar refractivity (Wildman–Crippen MR) is 102 cm³/mol. The van der Waals surface area contributed by atoms with Gasteiger partial charge in [-0.15, -0.1) is 0 Å².